The average Bonchev–Trinajstić information content (AvgIpc) is 2.88. The van der Waals surface area contributed by atoms with Crippen LogP contribution in [0.4, 0.5) is 0 Å². The summed E-state index contributed by atoms with van der Waals surface area (Å²) in [5.41, 5.74) is 1.93. The summed E-state index contributed by atoms with van der Waals surface area (Å²) in [5, 5.41) is 11.1. The van der Waals surface area contributed by atoms with Gasteiger partial charge in [-0.3, -0.25) is 0 Å². The Labute approximate surface area is 136 Å². The van der Waals surface area contributed by atoms with E-state index in [1.165, 1.54) is 6.07 Å². The highest BCUT2D eigenvalue weighted by atomic mass is 35.5. The van der Waals surface area contributed by atoms with E-state index >= 15 is 0 Å². The molecular weight excluding hydrogens is 323 g/mol. The largest absolute Gasteiger partial charge is 0.478 e. The third-order valence-corrected chi connectivity index (χ3v) is 3.78. The van der Waals surface area contributed by atoms with E-state index in [4.69, 9.17) is 23.2 Å². The number of carboxylic acids is 1. The zero-order valence-electron chi connectivity index (χ0n) is 11.2. The number of halogens is 2. The van der Waals surface area contributed by atoms with Crippen LogP contribution in [-0.2, 0) is 4.79 Å². The molecule has 0 fully saturated rings. The molecule has 2 heterocycles. The Bertz CT molecular complexity index is 900. The first-order valence-electron chi connectivity index (χ1n) is 6.39. The van der Waals surface area contributed by atoms with E-state index < -0.39 is 5.97 Å². The number of aromatic nitrogens is 2. The number of nitrogens with zero attached hydrogens (tertiary/aromatic N) is 1. The molecular formula is C16H10Cl2N2O2. The van der Waals surface area contributed by atoms with E-state index in [0.29, 0.717) is 21.3 Å². The highest BCUT2D eigenvalue weighted by molar-refractivity contribution is 6.37. The number of benzene rings is 1. The first-order valence-corrected chi connectivity index (χ1v) is 7.14. The average molecular weight is 333 g/mol. The lowest BCUT2D eigenvalue weighted by molar-refractivity contribution is -0.130. The molecule has 0 spiro atoms. The Hall–Kier alpha value is -2.30. The van der Waals surface area contributed by atoms with E-state index in [-0.39, 0.29) is 5.57 Å². The fourth-order valence-corrected chi connectivity index (χ4v) is 2.72. The summed E-state index contributed by atoms with van der Waals surface area (Å²) < 4.78 is 0. The molecule has 0 bridgehead atoms. The SMILES string of the molecule is O=C(O)C(=Cc1c[nH]c2ncccc12)c1ccc(Cl)cc1Cl. The number of nitrogens with one attached hydrogen (secondary N) is 1. The van der Waals surface area contributed by atoms with Crippen LogP contribution >= 0.6 is 23.2 Å². The van der Waals surface area contributed by atoms with Gasteiger partial charge in [0.05, 0.1) is 10.6 Å². The first-order chi connectivity index (χ1) is 10.6. The van der Waals surface area contributed by atoms with Gasteiger partial charge in [0.25, 0.3) is 0 Å². The molecule has 3 aromatic rings. The predicted molar refractivity (Wildman–Crippen MR) is 88.1 cm³/mol. The number of rotatable bonds is 3. The Kier molecular flexibility index (Phi) is 3.88. The molecule has 0 radical (unpaired) electrons. The fraction of sp³-hybridized carbons (Fsp3) is 0. The molecule has 4 nitrogen and oxygen atoms in total. The van der Waals surface area contributed by atoms with Crippen LogP contribution in [0.2, 0.25) is 10.0 Å². The highest BCUT2D eigenvalue weighted by Gasteiger charge is 2.15. The molecule has 0 saturated carbocycles. The van der Waals surface area contributed by atoms with Crippen LogP contribution in [0.5, 0.6) is 0 Å². The number of H-pyrrole nitrogens is 1. The number of carbonyl (C=O) groups is 1. The van der Waals surface area contributed by atoms with Crippen molar-refractivity contribution in [2.45, 2.75) is 0 Å². The molecule has 3 rings (SSSR count). The highest BCUT2D eigenvalue weighted by Crippen LogP contribution is 2.30. The lowest BCUT2D eigenvalue weighted by atomic mass is 10.0. The Morgan fingerprint density at radius 1 is 1.27 bits per heavy atom. The predicted octanol–water partition coefficient (Wildman–Crippen LogP) is 4.49. The molecule has 110 valence electrons. The molecule has 2 N–H and O–H groups in total. The van der Waals surface area contributed by atoms with Gasteiger partial charge in [-0.2, -0.15) is 0 Å². The van der Waals surface area contributed by atoms with Gasteiger partial charge in [-0.15, -0.1) is 0 Å². The fourth-order valence-electron chi connectivity index (χ4n) is 2.21. The Morgan fingerprint density at radius 2 is 2.09 bits per heavy atom. The molecule has 0 atom stereocenters. The van der Waals surface area contributed by atoms with Gasteiger partial charge in [-0.05, 0) is 30.3 Å². The molecule has 0 amide bonds. The van der Waals surface area contributed by atoms with Crippen LogP contribution in [0.1, 0.15) is 11.1 Å². The van der Waals surface area contributed by atoms with Gasteiger partial charge in [0, 0.05) is 33.9 Å². The zero-order chi connectivity index (χ0) is 15.7. The standard InChI is InChI=1S/C16H10Cl2N2O2/c17-10-3-4-12(14(18)7-10)13(16(21)22)6-9-8-20-15-11(9)2-1-5-19-15/h1-8H,(H,19,20)(H,21,22). The minimum absolute atomic E-state index is 0.0893. The third kappa shape index (κ3) is 2.71. The molecule has 0 aliphatic heterocycles. The van der Waals surface area contributed by atoms with Crippen LogP contribution in [-0.4, -0.2) is 21.0 Å². The molecule has 6 heteroatoms. The van der Waals surface area contributed by atoms with Crippen molar-refractivity contribution in [1.82, 2.24) is 9.97 Å². The lowest BCUT2D eigenvalue weighted by Crippen LogP contribution is -2.00. The van der Waals surface area contributed by atoms with Gasteiger partial charge >= 0.3 is 5.97 Å². The second-order valence-corrected chi connectivity index (χ2v) is 5.47. The van der Waals surface area contributed by atoms with Crippen molar-refractivity contribution in [2.75, 3.05) is 0 Å². The molecule has 1 aromatic carbocycles. The van der Waals surface area contributed by atoms with Crippen LogP contribution in [0.3, 0.4) is 0 Å². The Balaban J connectivity index is 2.17. The van der Waals surface area contributed by atoms with Gasteiger partial charge in [0.1, 0.15) is 5.65 Å². The molecule has 22 heavy (non-hydrogen) atoms. The van der Waals surface area contributed by atoms with Crippen LogP contribution < -0.4 is 0 Å². The summed E-state index contributed by atoms with van der Waals surface area (Å²) in [4.78, 5) is 18.8. The summed E-state index contributed by atoms with van der Waals surface area (Å²) in [6, 6.07) is 8.39. The number of aromatic amines is 1. The number of hydrogen-bond acceptors (Lipinski definition) is 2. The zero-order valence-corrected chi connectivity index (χ0v) is 12.7. The van der Waals surface area contributed by atoms with E-state index in [0.717, 1.165) is 10.9 Å². The van der Waals surface area contributed by atoms with Gasteiger partial charge in [0.2, 0.25) is 0 Å². The maximum atomic E-state index is 11.6. The number of carboxylic acid groups (broad SMARTS) is 1. The van der Waals surface area contributed by atoms with Crippen molar-refractivity contribution in [2.24, 2.45) is 0 Å². The third-order valence-electron chi connectivity index (χ3n) is 3.23. The minimum Gasteiger partial charge on any atom is -0.478 e. The lowest BCUT2D eigenvalue weighted by Gasteiger charge is -2.06. The first kappa shape index (κ1) is 14.6. The summed E-state index contributed by atoms with van der Waals surface area (Å²) >= 11 is 12.0. The van der Waals surface area contributed by atoms with Gasteiger partial charge in [-0.25, -0.2) is 9.78 Å². The summed E-state index contributed by atoms with van der Waals surface area (Å²) in [5.74, 6) is -1.07. The molecule has 2 aromatic heterocycles. The normalized spacial score (nSPS) is 11.8. The van der Waals surface area contributed by atoms with Crippen LogP contribution in [0.15, 0.2) is 42.7 Å². The van der Waals surface area contributed by atoms with Crippen molar-refractivity contribution in [3.63, 3.8) is 0 Å². The van der Waals surface area contributed by atoms with Crippen molar-refractivity contribution < 1.29 is 9.90 Å². The summed E-state index contributed by atoms with van der Waals surface area (Å²) in [7, 11) is 0. The van der Waals surface area contributed by atoms with Crippen molar-refractivity contribution >= 4 is 51.9 Å². The number of fused-ring (bicyclic) bond motifs is 1. The quantitative estimate of drug-likeness (QED) is 0.694. The maximum Gasteiger partial charge on any atom is 0.336 e. The maximum absolute atomic E-state index is 11.6. The van der Waals surface area contributed by atoms with E-state index in [1.807, 2.05) is 6.07 Å². The second-order valence-electron chi connectivity index (χ2n) is 4.63. The van der Waals surface area contributed by atoms with E-state index in [2.05, 4.69) is 9.97 Å². The molecule has 0 saturated heterocycles. The van der Waals surface area contributed by atoms with Crippen molar-refractivity contribution in [1.29, 1.82) is 0 Å². The molecule has 0 aliphatic carbocycles. The smallest absolute Gasteiger partial charge is 0.336 e. The molecule has 0 aliphatic rings. The monoisotopic (exact) mass is 332 g/mol. The van der Waals surface area contributed by atoms with Crippen LogP contribution in [0, 0.1) is 0 Å². The van der Waals surface area contributed by atoms with Gasteiger partial charge < -0.3 is 10.1 Å². The van der Waals surface area contributed by atoms with Gasteiger partial charge in [-0.1, -0.05) is 29.3 Å². The second kappa shape index (κ2) is 5.83. The number of aliphatic carboxylic acids is 1. The number of hydrogen-bond donors (Lipinski definition) is 2. The minimum atomic E-state index is -1.07. The van der Waals surface area contributed by atoms with Crippen LogP contribution in [0.25, 0.3) is 22.7 Å². The number of pyridine rings is 1. The summed E-state index contributed by atoms with van der Waals surface area (Å²) in [6.45, 7) is 0. The van der Waals surface area contributed by atoms with E-state index in [9.17, 15) is 9.90 Å². The van der Waals surface area contributed by atoms with Gasteiger partial charge in [0.15, 0.2) is 0 Å². The Morgan fingerprint density at radius 3 is 2.82 bits per heavy atom. The topological polar surface area (TPSA) is 66.0 Å². The van der Waals surface area contributed by atoms with Crippen molar-refractivity contribution in [3.05, 3.63) is 63.9 Å². The van der Waals surface area contributed by atoms with Crippen molar-refractivity contribution in [3.8, 4) is 0 Å². The molecule has 0 unspecified atom stereocenters. The van der Waals surface area contributed by atoms with E-state index in [1.54, 1.807) is 36.7 Å². The summed E-state index contributed by atoms with van der Waals surface area (Å²) in [6.07, 6.45) is 4.95.